The second kappa shape index (κ2) is 4.80. The van der Waals surface area contributed by atoms with E-state index >= 15 is 0 Å². The quantitative estimate of drug-likeness (QED) is 0.719. The van der Waals surface area contributed by atoms with Crippen LogP contribution in [0.3, 0.4) is 0 Å². The van der Waals surface area contributed by atoms with Crippen molar-refractivity contribution >= 4 is 23.3 Å². The number of amides is 2. The molecule has 5 rings (SSSR count). The Balaban J connectivity index is 1.78. The SMILES string of the molecule is O=C1C[C@]2(C(=O)Nc3ccccc32)c2cnn(-c3ccccc3)c2N1. The second-order valence-corrected chi connectivity index (χ2v) is 6.28. The number of rotatable bonds is 1. The van der Waals surface area contributed by atoms with Gasteiger partial charge in [0.1, 0.15) is 11.2 Å². The summed E-state index contributed by atoms with van der Waals surface area (Å²) >= 11 is 0. The van der Waals surface area contributed by atoms with E-state index in [9.17, 15) is 9.59 Å². The molecule has 25 heavy (non-hydrogen) atoms. The lowest BCUT2D eigenvalue weighted by molar-refractivity contribution is -0.125. The lowest BCUT2D eigenvalue weighted by Gasteiger charge is -2.31. The summed E-state index contributed by atoms with van der Waals surface area (Å²) in [4.78, 5) is 25.4. The van der Waals surface area contributed by atoms with Crippen LogP contribution in [0.25, 0.3) is 5.69 Å². The number of benzene rings is 2. The number of hydrogen-bond acceptors (Lipinski definition) is 3. The molecule has 2 N–H and O–H groups in total. The van der Waals surface area contributed by atoms with E-state index in [2.05, 4.69) is 15.7 Å². The third-order valence-electron chi connectivity index (χ3n) is 4.94. The molecular weight excluding hydrogens is 316 g/mol. The first-order chi connectivity index (χ1) is 12.2. The van der Waals surface area contributed by atoms with Crippen LogP contribution in [0.2, 0.25) is 0 Å². The topological polar surface area (TPSA) is 76.0 Å². The third-order valence-corrected chi connectivity index (χ3v) is 4.94. The molecule has 122 valence electrons. The number of nitrogens with zero attached hydrogens (tertiary/aromatic N) is 2. The van der Waals surface area contributed by atoms with Gasteiger partial charge in [-0.15, -0.1) is 0 Å². The standard InChI is InChI=1S/C19H14N4O2/c24-16-10-19(13-8-4-5-9-15(13)21-18(19)25)14-11-20-23(17(14)22-16)12-6-2-1-3-7-12/h1-9,11H,10H2,(H,21,25)(H,22,24)/t19-/m1/s1. The first kappa shape index (κ1) is 14.0. The molecule has 3 aromatic rings. The van der Waals surface area contributed by atoms with Gasteiger partial charge in [-0.1, -0.05) is 36.4 Å². The molecule has 0 radical (unpaired) electrons. The molecule has 2 aliphatic heterocycles. The van der Waals surface area contributed by atoms with Crippen molar-refractivity contribution in [2.75, 3.05) is 10.6 Å². The van der Waals surface area contributed by atoms with Crippen molar-refractivity contribution in [1.82, 2.24) is 9.78 Å². The summed E-state index contributed by atoms with van der Waals surface area (Å²) in [7, 11) is 0. The van der Waals surface area contributed by atoms with E-state index in [0.29, 0.717) is 5.82 Å². The molecule has 0 unspecified atom stereocenters. The highest BCUT2D eigenvalue weighted by molar-refractivity contribution is 6.14. The van der Waals surface area contributed by atoms with Gasteiger partial charge in [0.15, 0.2) is 0 Å². The third kappa shape index (κ3) is 1.76. The highest BCUT2D eigenvalue weighted by atomic mass is 16.2. The summed E-state index contributed by atoms with van der Waals surface area (Å²) in [5.74, 6) is 0.170. The highest BCUT2D eigenvalue weighted by Crippen LogP contribution is 2.49. The van der Waals surface area contributed by atoms with Crippen molar-refractivity contribution in [3.8, 4) is 5.69 Å². The van der Waals surface area contributed by atoms with Crippen LogP contribution < -0.4 is 10.6 Å². The highest BCUT2D eigenvalue weighted by Gasteiger charge is 2.54. The van der Waals surface area contributed by atoms with Crippen LogP contribution in [0.4, 0.5) is 11.5 Å². The number of hydrogen-bond donors (Lipinski definition) is 2. The Morgan fingerprint density at radius 1 is 0.920 bits per heavy atom. The van der Waals surface area contributed by atoms with Gasteiger partial charge in [0.05, 0.1) is 11.9 Å². The molecule has 6 nitrogen and oxygen atoms in total. The summed E-state index contributed by atoms with van der Waals surface area (Å²) in [5.41, 5.74) is 2.09. The molecule has 0 saturated carbocycles. The maximum absolute atomic E-state index is 12.9. The second-order valence-electron chi connectivity index (χ2n) is 6.28. The van der Waals surface area contributed by atoms with Gasteiger partial charge in [0.2, 0.25) is 11.8 Å². The maximum atomic E-state index is 12.9. The fourth-order valence-electron chi connectivity index (χ4n) is 3.82. The fraction of sp³-hybridized carbons (Fsp3) is 0.105. The number of para-hydroxylation sites is 2. The van der Waals surface area contributed by atoms with E-state index < -0.39 is 5.41 Å². The van der Waals surface area contributed by atoms with Crippen LogP contribution in [0.15, 0.2) is 60.8 Å². The van der Waals surface area contributed by atoms with Crippen LogP contribution in [-0.4, -0.2) is 21.6 Å². The van der Waals surface area contributed by atoms with Crippen LogP contribution in [0, 0.1) is 0 Å². The van der Waals surface area contributed by atoms with Gasteiger partial charge in [0.25, 0.3) is 0 Å². The molecule has 0 fully saturated rings. The number of carbonyl (C=O) groups excluding carboxylic acids is 2. The Hall–Kier alpha value is -3.41. The Labute approximate surface area is 143 Å². The molecule has 2 aliphatic rings. The van der Waals surface area contributed by atoms with Gasteiger partial charge in [0, 0.05) is 17.7 Å². The summed E-state index contributed by atoms with van der Waals surface area (Å²) in [6, 6.07) is 17.0. The van der Waals surface area contributed by atoms with Crippen molar-refractivity contribution in [3.63, 3.8) is 0 Å². The van der Waals surface area contributed by atoms with Crippen molar-refractivity contribution in [1.29, 1.82) is 0 Å². The number of fused-ring (bicyclic) bond motifs is 4. The smallest absolute Gasteiger partial charge is 0.240 e. The summed E-state index contributed by atoms with van der Waals surface area (Å²) in [5, 5.41) is 10.3. The van der Waals surface area contributed by atoms with Gasteiger partial charge in [-0.05, 0) is 23.8 Å². The molecule has 6 heteroatoms. The normalized spacial score (nSPS) is 20.8. The summed E-state index contributed by atoms with van der Waals surface area (Å²) in [6.45, 7) is 0. The van der Waals surface area contributed by atoms with Crippen molar-refractivity contribution in [3.05, 3.63) is 71.9 Å². The molecule has 1 atom stereocenters. The Morgan fingerprint density at radius 3 is 2.52 bits per heavy atom. The average Bonchev–Trinajstić information content (AvgIpc) is 3.16. The monoisotopic (exact) mass is 330 g/mol. The fourth-order valence-corrected chi connectivity index (χ4v) is 3.82. The van der Waals surface area contributed by atoms with E-state index in [0.717, 1.165) is 22.5 Å². The van der Waals surface area contributed by atoms with E-state index in [1.807, 2.05) is 54.6 Å². The van der Waals surface area contributed by atoms with E-state index in [1.54, 1.807) is 10.9 Å². The van der Waals surface area contributed by atoms with Crippen LogP contribution in [0.1, 0.15) is 17.5 Å². The van der Waals surface area contributed by atoms with Gasteiger partial charge in [-0.3, -0.25) is 9.59 Å². The van der Waals surface area contributed by atoms with Crippen molar-refractivity contribution in [2.24, 2.45) is 0 Å². The maximum Gasteiger partial charge on any atom is 0.240 e. The molecule has 0 bridgehead atoms. The minimum atomic E-state index is -1.03. The summed E-state index contributed by atoms with van der Waals surface area (Å²) in [6.07, 6.45) is 1.76. The predicted molar refractivity (Wildman–Crippen MR) is 92.7 cm³/mol. The lowest BCUT2D eigenvalue weighted by Crippen LogP contribution is -2.43. The number of nitrogens with one attached hydrogen (secondary N) is 2. The van der Waals surface area contributed by atoms with E-state index in [4.69, 9.17) is 0 Å². The minimum absolute atomic E-state index is 0.0727. The zero-order valence-electron chi connectivity index (χ0n) is 13.2. The predicted octanol–water partition coefficient (Wildman–Crippen LogP) is 2.45. The first-order valence-corrected chi connectivity index (χ1v) is 8.05. The molecule has 3 heterocycles. The minimum Gasteiger partial charge on any atom is -0.325 e. The molecule has 0 saturated heterocycles. The van der Waals surface area contributed by atoms with Gasteiger partial charge < -0.3 is 10.6 Å². The molecule has 1 aromatic heterocycles. The van der Waals surface area contributed by atoms with Crippen LogP contribution in [-0.2, 0) is 15.0 Å². The Morgan fingerprint density at radius 2 is 1.68 bits per heavy atom. The van der Waals surface area contributed by atoms with Gasteiger partial charge in [-0.25, -0.2) is 4.68 Å². The zero-order valence-corrected chi connectivity index (χ0v) is 13.2. The molecule has 0 aliphatic carbocycles. The zero-order chi connectivity index (χ0) is 17.0. The number of carbonyl (C=O) groups is 2. The van der Waals surface area contributed by atoms with Gasteiger partial charge in [-0.2, -0.15) is 5.10 Å². The van der Waals surface area contributed by atoms with Gasteiger partial charge >= 0.3 is 0 Å². The number of anilines is 2. The van der Waals surface area contributed by atoms with Crippen LogP contribution in [0.5, 0.6) is 0 Å². The molecule has 2 aromatic carbocycles. The van der Waals surface area contributed by atoms with Crippen LogP contribution >= 0.6 is 0 Å². The Kier molecular flexibility index (Phi) is 2.68. The Bertz CT molecular complexity index is 1020. The van der Waals surface area contributed by atoms with Crippen molar-refractivity contribution < 1.29 is 9.59 Å². The van der Waals surface area contributed by atoms with E-state index in [1.165, 1.54) is 0 Å². The van der Waals surface area contributed by atoms with E-state index in [-0.39, 0.29) is 18.2 Å². The molecule has 2 amide bonds. The largest absolute Gasteiger partial charge is 0.325 e. The molecule has 1 spiro atoms. The molecular formula is C19H14N4O2. The lowest BCUT2D eigenvalue weighted by atomic mass is 9.72. The van der Waals surface area contributed by atoms with Crippen molar-refractivity contribution in [2.45, 2.75) is 11.8 Å². The first-order valence-electron chi connectivity index (χ1n) is 8.05. The number of aromatic nitrogens is 2. The summed E-state index contributed by atoms with van der Waals surface area (Å²) < 4.78 is 1.67. The average molecular weight is 330 g/mol.